The van der Waals surface area contributed by atoms with Gasteiger partial charge >= 0.3 is 0 Å². The van der Waals surface area contributed by atoms with Crippen molar-refractivity contribution in [2.45, 2.75) is 12.8 Å². The maximum atomic E-state index is 11.0. The van der Waals surface area contributed by atoms with Crippen LogP contribution >= 0.6 is 0 Å². The summed E-state index contributed by atoms with van der Waals surface area (Å²) >= 11 is 0. The number of amides is 1. The van der Waals surface area contributed by atoms with Crippen molar-refractivity contribution < 1.29 is 4.79 Å². The van der Waals surface area contributed by atoms with Crippen LogP contribution in [0.1, 0.15) is 12.0 Å². The van der Waals surface area contributed by atoms with Crippen LogP contribution in [0.2, 0.25) is 0 Å². The standard InChI is InChI=1S/C12H18N2O/c1-13-12(15)9-6-10-4-7-11(8-5-10)14(2)3/h4-5,7-8H,6,9H2,1-3H3,(H,13,15). The zero-order valence-corrected chi connectivity index (χ0v) is 9.58. The smallest absolute Gasteiger partial charge is 0.220 e. The van der Waals surface area contributed by atoms with E-state index in [1.165, 1.54) is 11.3 Å². The van der Waals surface area contributed by atoms with Gasteiger partial charge in [0.2, 0.25) is 5.91 Å². The van der Waals surface area contributed by atoms with Gasteiger partial charge in [0, 0.05) is 33.3 Å². The maximum absolute atomic E-state index is 11.0. The Kier molecular flexibility index (Phi) is 4.16. The number of aryl methyl sites for hydroxylation is 1. The predicted octanol–water partition coefficient (Wildman–Crippen LogP) is 1.43. The van der Waals surface area contributed by atoms with Gasteiger partial charge in [0.05, 0.1) is 0 Å². The first-order valence-electron chi connectivity index (χ1n) is 5.10. The molecule has 1 rings (SSSR count). The number of benzene rings is 1. The molecule has 0 unspecified atom stereocenters. The van der Waals surface area contributed by atoms with Crippen LogP contribution in [-0.2, 0) is 11.2 Å². The fraction of sp³-hybridized carbons (Fsp3) is 0.417. The first-order valence-corrected chi connectivity index (χ1v) is 5.10. The molecule has 1 aromatic rings. The fourth-order valence-corrected chi connectivity index (χ4v) is 1.34. The SMILES string of the molecule is CNC(=O)CCc1ccc(N(C)C)cc1. The molecule has 82 valence electrons. The number of hydrogen-bond donors (Lipinski definition) is 1. The number of nitrogens with zero attached hydrogens (tertiary/aromatic N) is 1. The van der Waals surface area contributed by atoms with Gasteiger partial charge in [-0.25, -0.2) is 0 Å². The summed E-state index contributed by atoms with van der Waals surface area (Å²) in [6, 6.07) is 8.27. The van der Waals surface area contributed by atoms with Crippen molar-refractivity contribution in [3.8, 4) is 0 Å². The van der Waals surface area contributed by atoms with Gasteiger partial charge in [0.25, 0.3) is 0 Å². The summed E-state index contributed by atoms with van der Waals surface area (Å²) in [5.74, 6) is 0.0895. The molecule has 0 aliphatic rings. The van der Waals surface area contributed by atoms with Gasteiger partial charge in [0.15, 0.2) is 0 Å². The lowest BCUT2D eigenvalue weighted by Crippen LogP contribution is -2.17. The average Bonchev–Trinajstić information content (AvgIpc) is 2.26. The molecule has 0 atom stereocenters. The van der Waals surface area contributed by atoms with Crippen molar-refractivity contribution in [2.24, 2.45) is 0 Å². The minimum atomic E-state index is 0.0895. The Balaban J connectivity index is 2.53. The van der Waals surface area contributed by atoms with E-state index in [1.807, 2.05) is 14.1 Å². The van der Waals surface area contributed by atoms with E-state index >= 15 is 0 Å². The molecule has 0 aromatic heterocycles. The Labute approximate surface area is 91.1 Å². The lowest BCUT2D eigenvalue weighted by atomic mass is 10.1. The van der Waals surface area contributed by atoms with Crippen molar-refractivity contribution >= 4 is 11.6 Å². The first-order chi connectivity index (χ1) is 7.13. The fourth-order valence-electron chi connectivity index (χ4n) is 1.34. The van der Waals surface area contributed by atoms with Crippen LogP contribution < -0.4 is 10.2 Å². The lowest BCUT2D eigenvalue weighted by molar-refractivity contribution is -0.120. The quantitative estimate of drug-likeness (QED) is 0.808. The van der Waals surface area contributed by atoms with Crippen LogP contribution in [0.4, 0.5) is 5.69 Å². The van der Waals surface area contributed by atoms with Gasteiger partial charge in [-0.15, -0.1) is 0 Å². The third-order valence-electron chi connectivity index (χ3n) is 2.37. The van der Waals surface area contributed by atoms with E-state index < -0.39 is 0 Å². The molecule has 15 heavy (non-hydrogen) atoms. The van der Waals surface area contributed by atoms with Crippen molar-refractivity contribution in [3.63, 3.8) is 0 Å². The summed E-state index contributed by atoms with van der Waals surface area (Å²) in [5.41, 5.74) is 2.38. The second kappa shape index (κ2) is 5.39. The Morgan fingerprint density at radius 3 is 2.33 bits per heavy atom. The molecule has 0 bridgehead atoms. The van der Waals surface area contributed by atoms with Gasteiger partial charge < -0.3 is 10.2 Å². The van der Waals surface area contributed by atoms with Gasteiger partial charge in [-0.2, -0.15) is 0 Å². The molecular weight excluding hydrogens is 188 g/mol. The van der Waals surface area contributed by atoms with E-state index in [0.717, 1.165) is 6.42 Å². The number of carbonyl (C=O) groups excluding carboxylic acids is 1. The number of nitrogens with one attached hydrogen (secondary N) is 1. The summed E-state index contributed by atoms with van der Waals surface area (Å²) in [6.07, 6.45) is 1.35. The third-order valence-corrected chi connectivity index (χ3v) is 2.37. The van der Waals surface area contributed by atoms with Crippen LogP contribution in [0, 0.1) is 0 Å². The van der Waals surface area contributed by atoms with Gasteiger partial charge in [-0.1, -0.05) is 12.1 Å². The van der Waals surface area contributed by atoms with Gasteiger partial charge in [-0.05, 0) is 24.1 Å². The number of anilines is 1. The molecular formula is C12H18N2O. The Morgan fingerprint density at radius 1 is 1.27 bits per heavy atom. The van der Waals surface area contributed by atoms with Gasteiger partial charge in [0.1, 0.15) is 0 Å². The highest BCUT2D eigenvalue weighted by Crippen LogP contribution is 2.13. The van der Waals surface area contributed by atoms with E-state index in [4.69, 9.17) is 0 Å². The zero-order chi connectivity index (χ0) is 11.3. The normalized spacial score (nSPS) is 9.80. The predicted molar refractivity (Wildman–Crippen MR) is 63.2 cm³/mol. The van der Waals surface area contributed by atoms with E-state index in [0.29, 0.717) is 6.42 Å². The largest absolute Gasteiger partial charge is 0.378 e. The Hall–Kier alpha value is -1.51. The molecule has 0 fully saturated rings. The molecule has 0 radical (unpaired) electrons. The third kappa shape index (κ3) is 3.62. The molecule has 0 aliphatic carbocycles. The highest BCUT2D eigenvalue weighted by molar-refractivity contribution is 5.75. The number of carbonyl (C=O) groups is 1. The van der Waals surface area contributed by atoms with Crippen LogP contribution in [0.25, 0.3) is 0 Å². The summed E-state index contributed by atoms with van der Waals surface area (Å²) in [4.78, 5) is 13.1. The topological polar surface area (TPSA) is 32.3 Å². The molecule has 0 heterocycles. The summed E-state index contributed by atoms with van der Waals surface area (Å²) in [5, 5.41) is 2.62. The molecule has 1 N–H and O–H groups in total. The number of hydrogen-bond acceptors (Lipinski definition) is 2. The molecule has 0 saturated carbocycles. The first kappa shape index (κ1) is 11.6. The number of rotatable bonds is 4. The highest BCUT2D eigenvalue weighted by atomic mass is 16.1. The van der Waals surface area contributed by atoms with Crippen molar-refractivity contribution in [3.05, 3.63) is 29.8 Å². The average molecular weight is 206 g/mol. The maximum Gasteiger partial charge on any atom is 0.220 e. The molecule has 1 aromatic carbocycles. The zero-order valence-electron chi connectivity index (χ0n) is 9.58. The van der Waals surface area contributed by atoms with Crippen molar-refractivity contribution in [1.29, 1.82) is 0 Å². The molecule has 0 saturated heterocycles. The van der Waals surface area contributed by atoms with E-state index in [2.05, 4.69) is 34.5 Å². The van der Waals surface area contributed by atoms with Crippen LogP contribution in [0.15, 0.2) is 24.3 Å². The summed E-state index contributed by atoms with van der Waals surface area (Å²) in [7, 11) is 5.69. The molecule has 0 aliphatic heterocycles. The molecule has 0 spiro atoms. The monoisotopic (exact) mass is 206 g/mol. The lowest BCUT2D eigenvalue weighted by Gasteiger charge is -2.12. The van der Waals surface area contributed by atoms with E-state index in [1.54, 1.807) is 7.05 Å². The van der Waals surface area contributed by atoms with Crippen molar-refractivity contribution in [2.75, 3.05) is 26.0 Å². The second-order valence-electron chi connectivity index (χ2n) is 3.73. The molecule has 1 amide bonds. The Morgan fingerprint density at radius 2 is 1.87 bits per heavy atom. The van der Waals surface area contributed by atoms with E-state index in [9.17, 15) is 4.79 Å². The molecule has 3 heteroatoms. The minimum absolute atomic E-state index is 0.0895. The Bertz CT molecular complexity index is 317. The van der Waals surface area contributed by atoms with E-state index in [-0.39, 0.29) is 5.91 Å². The highest BCUT2D eigenvalue weighted by Gasteiger charge is 2.00. The van der Waals surface area contributed by atoms with Crippen LogP contribution in [-0.4, -0.2) is 27.1 Å². The second-order valence-corrected chi connectivity index (χ2v) is 3.73. The molecule has 3 nitrogen and oxygen atoms in total. The van der Waals surface area contributed by atoms with Gasteiger partial charge in [-0.3, -0.25) is 4.79 Å². The van der Waals surface area contributed by atoms with Crippen molar-refractivity contribution in [1.82, 2.24) is 5.32 Å². The minimum Gasteiger partial charge on any atom is -0.378 e. The van der Waals surface area contributed by atoms with Crippen LogP contribution in [0.5, 0.6) is 0 Å². The summed E-state index contributed by atoms with van der Waals surface area (Å²) < 4.78 is 0. The van der Waals surface area contributed by atoms with Crippen LogP contribution in [0.3, 0.4) is 0 Å². The summed E-state index contributed by atoms with van der Waals surface area (Å²) in [6.45, 7) is 0.